The number of hydrogen-bond donors (Lipinski definition) is 6. The van der Waals surface area contributed by atoms with Crippen LogP contribution in [0.5, 0.6) is 11.5 Å². The lowest BCUT2D eigenvalue weighted by atomic mass is 9.88. The van der Waals surface area contributed by atoms with Gasteiger partial charge in [-0.3, -0.25) is 0 Å². The van der Waals surface area contributed by atoms with E-state index in [0.29, 0.717) is 6.42 Å². The number of phenolic OH excluding ortho intramolecular Hbond substituents is 2. The fourth-order valence-electron chi connectivity index (χ4n) is 7.04. The van der Waals surface area contributed by atoms with E-state index in [9.17, 15) is 10.2 Å². The molecule has 6 nitrogen and oxygen atoms in total. The number of fused-ring (bicyclic) bond motifs is 9. The highest BCUT2D eigenvalue weighted by atomic mass is 16.3. The van der Waals surface area contributed by atoms with Crippen LogP contribution < -0.4 is 0 Å². The van der Waals surface area contributed by atoms with E-state index in [1.165, 1.54) is 0 Å². The first kappa shape index (κ1) is 27.8. The molecule has 0 saturated carbocycles. The molecule has 8 aromatic rings. The fourth-order valence-corrected chi connectivity index (χ4v) is 7.04. The van der Waals surface area contributed by atoms with Crippen molar-refractivity contribution < 1.29 is 10.2 Å². The van der Waals surface area contributed by atoms with Crippen molar-refractivity contribution in [2.45, 2.75) is 6.42 Å². The minimum atomic E-state index is 0.198. The summed E-state index contributed by atoms with van der Waals surface area (Å²) in [5, 5.41) is 23.7. The number of hydrogen-bond acceptors (Lipinski definition) is 2. The van der Waals surface area contributed by atoms with Crippen molar-refractivity contribution in [1.29, 1.82) is 0 Å². The molecule has 0 spiro atoms. The van der Waals surface area contributed by atoms with E-state index in [0.717, 1.165) is 90.8 Å². The second-order valence-electron chi connectivity index (χ2n) is 12.3. The van der Waals surface area contributed by atoms with Crippen molar-refractivity contribution in [2.24, 2.45) is 0 Å². The predicted octanol–water partition coefficient (Wildman–Crippen LogP) is 8.53. The van der Waals surface area contributed by atoms with Gasteiger partial charge in [0, 0.05) is 77.8 Å². The molecule has 5 heterocycles. The third kappa shape index (κ3) is 4.70. The van der Waals surface area contributed by atoms with Crippen molar-refractivity contribution >= 4 is 10.8 Å². The van der Waals surface area contributed by atoms with Crippen molar-refractivity contribution in [3.8, 4) is 11.5 Å². The van der Waals surface area contributed by atoms with Gasteiger partial charge in [-0.05, 0) is 48.5 Å². The van der Waals surface area contributed by atoms with Crippen LogP contribution in [0.15, 0.2) is 140 Å². The fraction of sp³-hybridized carbons (Fsp3) is 0.0238. The molecule has 0 atom stereocenters. The summed E-state index contributed by atoms with van der Waals surface area (Å²) in [4.78, 5) is 14.9. The number of aromatic nitrogens is 4. The van der Waals surface area contributed by atoms with Crippen molar-refractivity contribution in [1.82, 2.24) is 19.9 Å². The van der Waals surface area contributed by atoms with Gasteiger partial charge in [-0.2, -0.15) is 0 Å². The first-order chi connectivity index (χ1) is 23.6. The Morgan fingerprint density at radius 3 is 1.54 bits per heavy atom. The van der Waals surface area contributed by atoms with Gasteiger partial charge < -0.3 is 30.1 Å². The van der Waals surface area contributed by atoms with Crippen LogP contribution in [0, 0.1) is 17.8 Å². The zero-order chi connectivity index (χ0) is 32.2. The standard InChI is InChI=1S/C42H29N4O2/c47-30-15-10-27(11-16-30)40-33-18-14-29(44-33)24-28-13-17-32(43-28)39(26-7-2-1-3-8-26)34-19-21-36(45-34)42(37-22-20-35(40)46-37)41-31-9-5-4-6-25(31)12-23-38(41)48/h1-23,43-46H,24H2/q+1/p+2. The summed E-state index contributed by atoms with van der Waals surface area (Å²) in [7, 11) is 0. The monoisotopic (exact) mass is 623 g/mol. The summed E-state index contributed by atoms with van der Waals surface area (Å²) >= 11 is 0. The molecule has 1 aliphatic rings. The summed E-state index contributed by atoms with van der Waals surface area (Å²) < 4.78 is 0. The third-order valence-electron chi connectivity index (χ3n) is 9.24. The smallest absolute Gasteiger partial charge is 0.188 e. The van der Waals surface area contributed by atoms with Gasteiger partial charge in [-0.25, -0.2) is 0 Å². The molecule has 0 amide bonds. The van der Waals surface area contributed by atoms with Crippen molar-refractivity contribution in [2.75, 3.05) is 0 Å². The number of nitrogens with one attached hydrogen (secondary N) is 4. The van der Waals surface area contributed by atoms with Crippen molar-refractivity contribution in [3.63, 3.8) is 0 Å². The van der Waals surface area contributed by atoms with E-state index < -0.39 is 0 Å². The number of phenols is 2. The predicted molar refractivity (Wildman–Crippen MR) is 188 cm³/mol. The Morgan fingerprint density at radius 1 is 0.417 bits per heavy atom. The Kier molecular flexibility index (Phi) is 6.40. The summed E-state index contributed by atoms with van der Waals surface area (Å²) in [5.74, 6) is 3.30. The molecular weight excluding hydrogens is 592 g/mol. The highest BCUT2D eigenvalue weighted by Crippen LogP contribution is 2.42. The molecular formula is C42H31N4O2+3. The SMILES string of the molecule is Oc1ccc([C+]2c3ccc([nH]3)Cc3ccc([nH]3)[C+](c3ccccc3)c3ccc([nH]3)[C+](c3c(O)ccc4ccccc34)c3ccc2[nH]3)cc1. The van der Waals surface area contributed by atoms with Crippen LogP contribution >= 0.6 is 0 Å². The van der Waals surface area contributed by atoms with Gasteiger partial charge in [-0.15, -0.1) is 0 Å². The van der Waals surface area contributed by atoms with Gasteiger partial charge in [0.25, 0.3) is 0 Å². The normalized spacial score (nSPS) is 13.0. The molecule has 9 rings (SSSR count). The number of H-pyrrole nitrogens is 4. The molecule has 4 aromatic heterocycles. The maximum atomic E-state index is 11.6. The van der Waals surface area contributed by atoms with E-state index in [1.807, 2.05) is 36.4 Å². The second kappa shape index (κ2) is 11.1. The van der Waals surface area contributed by atoms with E-state index >= 15 is 0 Å². The van der Waals surface area contributed by atoms with Crippen LogP contribution in [0.1, 0.15) is 62.2 Å². The summed E-state index contributed by atoms with van der Waals surface area (Å²) in [5.41, 5.74) is 10.5. The van der Waals surface area contributed by atoms with Crippen molar-refractivity contribution in [3.05, 3.63) is 220 Å². The Balaban J connectivity index is 1.30. The van der Waals surface area contributed by atoms with Gasteiger partial charge in [0.05, 0.1) is 40.8 Å². The van der Waals surface area contributed by atoms with Gasteiger partial charge >= 0.3 is 0 Å². The minimum absolute atomic E-state index is 0.198. The largest absolute Gasteiger partial charge is 0.507 e. The van der Waals surface area contributed by atoms with Crippen LogP contribution in [0.25, 0.3) is 10.8 Å². The quantitative estimate of drug-likeness (QED) is 0.111. The highest BCUT2D eigenvalue weighted by Gasteiger charge is 2.37. The average Bonchev–Trinajstić information content (AvgIpc) is 3.94. The highest BCUT2D eigenvalue weighted by molar-refractivity contribution is 5.91. The minimum Gasteiger partial charge on any atom is -0.507 e. The molecule has 0 aliphatic carbocycles. The van der Waals surface area contributed by atoms with E-state index in [4.69, 9.17) is 0 Å². The molecule has 228 valence electrons. The summed E-state index contributed by atoms with van der Waals surface area (Å²) in [6, 6.07) is 46.5. The lowest BCUT2D eigenvalue weighted by molar-refractivity contribution is 0.472. The second-order valence-corrected chi connectivity index (χ2v) is 12.3. The third-order valence-corrected chi connectivity index (χ3v) is 9.24. The molecule has 0 saturated heterocycles. The average molecular weight is 624 g/mol. The summed E-state index contributed by atoms with van der Waals surface area (Å²) in [6.07, 6.45) is 0.704. The lowest BCUT2D eigenvalue weighted by Gasteiger charge is -2.14. The number of aromatic hydroxyl groups is 2. The lowest BCUT2D eigenvalue weighted by Crippen LogP contribution is -2.11. The molecule has 0 fully saturated rings. The maximum Gasteiger partial charge on any atom is 0.188 e. The molecule has 1 aliphatic heterocycles. The topological polar surface area (TPSA) is 104 Å². The van der Waals surface area contributed by atoms with Gasteiger partial charge in [0.2, 0.25) is 0 Å². The van der Waals surface area contributed by atoms with E-state index in [2.05, 4.69) is 105 Å². The zero-order valence-electron chi connectivity index (χ0n) is 25.9. The van der Waals surface area contributed by atoms with Crippen LogP contribution in [0.3, 0.4) is 0 Å². The van der Waals surface area contributed by atoms with Gasteiger partial charge in [0.15, 0.2) is 5.75 Å². The van der Waals surface area contributed by atoms with Crippen LogP contribution in [0.4, 0.5) is 0 Å². The first-order valence-electron chi connectivity index (χ1n) is 16.0. The summed E-state index contributed by atoms with van der Waals surface area (Å²) in [6.45, 7) is 0. The number of rotatable bonds is 3. The molecule has 6 N–H and O–H groups in total. The van der Waals surface area contributed by atoms with Gasteiger partial charge in [0.1, 0.15) is 63.2 Å². The Labute approximate surface area is 277 Å². The molecule has 6 heteroatoms. The molecule has 48 heavy (non-hydrogen) atoms. The molecule has 8 bridgehead atoms. The molecule has 0 unspecified atom stereocenters. The Morgan fingerprint density at radius 2 is 0.917 bits per heavy atom. The van der Waals surface area contributed by atoms with Crippen LogP contribution in [-0.4, -0.2) is 30.1 Å². The maximum absolute atomic E-state index is 11.6. The van der Waals surface area contributed by atoms with Crippen LogP contribution in [0.2, 0.25) is 0 Å². The van der Waals surface area contributed by atoms with E-state index in [1.54, 1.807) is 18.2 Å². The van der Waals surface area contributed by atoms with E-state index in [-0.39, 0.29) is 11.5 Å². The number of benzene rings is 4. The first-order valence-corrected chi connectivity index (χ1v) is 16.0. The Bertz CT molecular complexity index is 2370. The number of aromatic amines is 4. The van der Waals surface area contributed by atoms with Gasteiger partial charge in [-0.1, -0.05) is 12.1 Å². The molecule has 4 aromatic carbocycles. The molecule has 0 radical (unpaired) electrons. The zero-order valence-corrected chi connectivity index (χ0v) is 25.9. The van der Waals surface area contributed by atoms with Crippen LogP contribution in [-0.2, 0) is 6.42 Å². The Hall–Kier alpha value is -6.53.